The van der Waals surface area contributed by atoms with Gasteiger partial charge < -0.3 is 4.74 Å². The van der Waals surface area contributed by atoms with Crippen molar-refractivity contribution >= 4 is 67.8 Å². The van der Waals surface area contributed by atoms with Gasteiger partial charge in [-0.15, -0.1) is 0 Å². The minimum Gasteiger partial charge on any atom is -0.487 e. The predicted octanol–water partition coefficient (Wildman–Crippen LogP) is 7.19. The van der Waals surface area contributed by atoms with Crippen LogP contribution in [0.2, 0.25) is 0 Å². The molecule has 1 aromatic rings. The van der Waals surface area contributed by atoms with Crippen molar-refractivity contribution in [2.45, 2.75) is 47.5 Å². The predicted molar refractivity (Wildman–Crippen MR) is 122 cm³/mol. The van der Waals surface area contributed by atoms with E-state index in [9.17, 15) is 0 Å². The van der Waals surface area contributed by atoms with Crippen LogP contribution in [0.15, 0.2) is 23.3 Å². The third-order valence-corrected chi connectivity index (χ3v) is 7.68. The van der Waals surface area contributed by atoms with Crippen LogP contribution in [0.1, 0.15) is 44.7 Å². The van der Waals surface area contributed by atoms with E-state index in [1.54, 1.807) is 0 Å². The number of hydrogen-bond acceptors (Lipinski definition) is 1. The van der Waals surface area contributed by atoms with Crippen LogP contribution in [0.3, 0.4) is 0 Å². The standard InChI is InChI=1S/C18H23I3O/c1-11(2)7-6-8-12(3)9-10-22-18-16(20)13(4)15(19)14(5)17(18)21/h7,9H,6,8,10H2,1-5H3. The van der Waals surface area contributed by atoms with E-state index in [1.807, 2.05) is 0 Å². The zero-order valence-electron chi connectivity index (χ0n) is 13.8. The Morgan fingerprint density at radius 3 is 1.95 bits per heavy atom. The molecule has 1 nitrogen and oxygen atoms in total. The van der Waals surface area contributed by atoms with Gasteiger partial charge in [-0.2, -0.15) is 0 Å². The summed E-state index contributed by atoms with van der Waals surface area (Å²) in [5, 5.41) is 0. The van der Waals surface area contributed by atoms with Gasteiger partial charge in [-0.05, 0) is 132 Å². The summed E-state index contributed by atoms with van der Waals surface area (Å²) in [5.41, 5.74) is 5.41. The molecule has 0 unspecified atom stereocenters. The largest absolute Gasteiger partial charge is 0.487 e. The van der Waals surface area contributed by atoms with Gasteiger partial charge in [-0.3, -0.25) is 0 Å². The average Bonchev–Trinajstić information content (AvgIpc) is 2.46. The van der Waals surface area contributed by atoms with Gasteiger partial charge in [0.05, 0.1) is 7.14 Å². The minimum absolute atomic E-state index is 0.645. The number of halogens is 3. The molecule has 0 aliphatic carbocycles. The third-order valence-electron chi connectivity index (χ3n) is 3.47. The highest BCUT2D eigenvalue weighted by Gasteiger charge is 2.16. The van der Waals surface area contributed by atoms with Crippen molar-refractivity contribution in [3.8, 4) is 5.75 Å². The second kappa shape index (κ2) is 9.86. The van der Waals surface area contributed by atoms with E-state index < -0.39 is 0 Å². The molecule has 0 heterocycles. The molecule has 0 fully saturated rings. The van der Waals surface area contributed by atoms with Crippen molar-refractivity contribution in [1.82, 2.24) is 0 Å². The first-order valence-corrected chi connectivity index (χ1v) is 10.5. The van der Waals surface area contributed by atoms with Crippen molar-refractivity contribution < 1.29 is 4.74 Å². The van der Waals surface area contributed by atoms with Crippen LogP contribution in [0, 0.1) is 24.6 Å². The first kappa shape index (κ1) is 20.7. The Bertz CT molecular complexity index is 568. The molecule has 0 atom stereocenters. The molecule has 0 aliphatic heterocycles. The summed E-state index contributed by atoms with van der Waals surface area (Å²) in [4.78, 5) is 0. The summed E-state index contributed by atoms with van der Waals surface area (Å²) < 4.78 is 9.87. The Labute approximate surface area is 175 Å². The molecule has 0 aromatic heterocycles. The molecular weight excluding hydrogens is 613 g/mol. The molecule has 4 heteroatoms. The van der Waals surface area contributed by atoms with Crippen molar-refractivity contribution in [2.24, 2.45) is 0 Å². The molecule has 1 rings (SSSR count). The van der Waals surface area contributed by atoms with Crippen molar-refractivity contribution in [3.63, 3.8) is 0 Å². The molecule has 0 radical (unpaired) electrons. The van der Waals surface area contributed by atoms with E-state index in [0.717, 1.165) is 18.6 Å². The van der Waals surface area contributed by atoms with Gasteiger partial charge in [0.2, 0.25) is 0 Å². The second-order valence-corrected chi connectivity index (χ2v) is 8.94. The quantitative estimate of drug-likeness (QED) is 0.238. The number of rotatable bonds is 6. The molecule has 0 bridgehead atoms. The maximum Gasteiger partial charge on any atom is 0.147 e. The first-order chi connectivity index (χ1) is 10.3. The summed E-state index contributed by atoms with van der Waals surface area (Å²) in [6.07, 6.45) is 6.71. The summed E-state index contributed by atoms with van der Waals surface area (Å²) in [5.74, 6) is 1.03. The van der Waals surface area contributed by atoms with E-state index in [2.05, 4.69) is 115 Å². The van der Waals surface area contributed by atoms with Gasteiger partial charge in [0.1, 0.15) is 12.4 Å². The lowest BCUT2D eigenvalue weighted by molar-refractivity contribution is 0.355. The first-order valence-electron chi connectivity index (χ1n) is 7.31. The van der Waals surface area contributed by atoms with Crippen LogP contribution >= 0.6 is 67.8 Å². The second-order valence-electron chi connectivity index (χ2n) is 5.70. The highest BCUT2D eigenvalue weighted by Crippen LogP contribution is 2.36. The van der Waals surface area contributed by atoms with Gasteiger partial charge in [0.15, 0.2) is 0 Å². The molecule has 0 amide bonds. The lowest BCUT2D eigenvalue weighted by atomic mass is 10.1. The summed E-state index contributed by atoms with van der Waals surface area (Å²) >= 11 is 7.22. The Morgan fingerprint density at radius 1 is 0.909 bits per heavy atom. The van der Waals surface area contributed by atoms with Gasteiger partial charge >= 0.3 is 0 Å². The zero-order valence-corrected chi connectivity index (χ0v) is 20.3. The molecule has 0 spiro atoms. The molecule has 0 saturated carbocycles. The van der Waals surface area contributed by atoms with Crippen LogP contribution in [-0.2, 0) is 0 Å². The zero-order chi connectivity index (χ0) is 16.9. The molecule has 122 valence electrons. The lowest BCUT2D eigenvalue weighted by Crippen LogP contribution is -2.04. The highest BCUT2D eigenvalue weighted by atomic mass is 127. The molecule has 0 saturated heterocycles. The Hall–Kier alpha value is 0.690. The number of hydrogen-bond donors (Lipinski definition) is 0. The lowest BCUT2D eigenvalue weighted by Gasteiger charge is -2.15. The van der Waals surface area contributed by atoms with Crippen LogP contribution in [0.25, 0.3) is 0 Å². The van der Waals surface area contributed by atoms with Gasteiger partial charge in [0.25, 0.3) is 0 Å². The van der Waals surface area contributed by atoms with Crippen molar-refractivity contribution in [2.75, 3.05) is 6.61 Å². The topological polar surface area (TPSA) is 9.23 Å². The van der Waals surface area contributed by atoms with Crippen molar-refractivity contribution in [3.05, 3.63) is 45.1 Å². The smallest absolute Gasteiger partial charge is 0.147 e. The monoisotopic (exact) mass is 636 g/mol. The van der Waals surface area contributed by atoms with Crippen molar-refractivity contribution in [1.29, 1.82) is 0 Å². The molecule has 0 aliphatic rings. The van der Waals surface area contributed by atoms with Crippen LogP contribution in [0.5, 0.6) is 5.75 Å². The fraction of sp³-hybridized carbons (Fsp3) is 0.444. The normalized spacial score (nSPS) is 11.5. The number of allylic oxidation sites excluding steroid dienone is 3. The van der Waals surface area contributed by atoms with E-state index in [-0.39, 0.29) is 0 Å². The molecule has 1 aromatic carbocycles. The Morgan fingerprint density at radius 2 is 1.45 bits per heavy atom. The van der Waals surface area contributed by atoms with E-state index in [1.165, 1.54) is 33.0 Å². The van der Waals surface area contributed by atoms with E-state index >= 15 is 0 Å². The Kier molecular flexibility index (Phi) is 9.29. The van der Waals surface area contributed by atoms with Gasteiger partial charge in [-0.1, -0.05) is 17.2 Å². The van der Waals surface area contributed by atoms with Crippen LogP contribution in [-0.4, -0.2) is 6.61 Å². The number of benzene rings is 1. The number of ether oxygens (including phenoxy) is 1. The van der Waals surface area contributed by atoms with Crippen LogP contribution < -0.4 is 4.74 Å². The maximum atomic E-state index is 6.07. The summed E-state index contributed by atoms with van der Waals surface area (Å²) in [6, 6.07) is 0. The van der Waals surface area contributed by atoms with Gasteiger partial charge in [-0.25, -0.2) is 0 Å². The Balaban J connectivity index is 2.75. The SMILES string of the molecule is CC(C)=CCCC(C)=CCOc1c(I)c(C)c(I)c(C)c1I. The maximum absolute atomic E-state index is 6.07. The van der Waals surface area contributed by atoms with Gasteiger partial charge in [0, 0.05) is 3.57 Å². The third kappa shape index (κ3) is 5.96. The average molecular weight is 636 g/mol. The molecular formula is C18H23I3O. The van der Waals surface area contributed by atoms with Crippen LogP contribution in [0.4, 0.5) is 0 Å². The fourth-order valence-electron chi connectivity index (χ4n) is 2.00. The van der Waals surface area contributed by atoms with E-state index in [4.69, 9.17) is 4.74 Å². The summed E-state index contributed by atoms with van der Waals surface area (Å²) in [6.45, 7) is 11.5. The molecule has 22 heavy (non-hydrogen) atoms. The fourth-order valence-corrected chi connectivity index (χ4v) is 5.47. The van der Waals surface area contributed by atoms with E-state index in [0.29, 0.717) is 6.61 Å². The molecule has 0 N–H and O–H groups in total. The summed E-state index contributed by atoms with van der Waals surface area (Å²) in [7, 11) is 0. The minimum atomic E-state index is 0.645. The highest BCUT2D eigenvalue weighted by molar-refractivity contribution is 14.1.